The summed E-state index contributed by atoms with van der Waals surface area (Å²) in [5.74, 6) is -0.334. The van der Waals surface area contributed by atoms with E-state index in [2.05, 4.69) is 20.8 Å². The number of carbonyl (C=O) groups is 2. The minimum absolute atomic E-state index is 0.107. The highest BCUT2D eigenvalue weighted by Gasteiger charge is 2.08. The van der Waals surface area contributed by atoms with Crippen LogP contribution in [-0.4, -0.2) is 26.8 Å². The summed E-state index contributed by atoms with van der Waals surface area (Å²) >= 11 is 11.7. The van der Waals surface area contributed by atoms with Gasteiger partial charge in [-0.2, -0.15) is 9.90 Å². The molecule has 0 atom stereocenters. The highest BCUT2D eigenvalue weighted by atomic mass is 35.5. The standard InChI is InChI=1S/C12H11Cl2N5O2/c1-7(20)16-11-5-15-19(18-11)6-12(21)17-10-3-8(13)2-9(14)4-10/h2-5H,6H2,1H3,(H,17,21)(H,16,18,20). The van der Waals surface area contributed by atoms with E-state index in [1.807, 2.05) is 0 Å². The first-order chi connectivity index (χ1) is 9.92. The molecule has 0 saturated carbocycles. The van der Waals surface area contributed by atoms with Crippen molar-refractivity contribution < 1.29 is 9.59 Å². The van der Waals surface area contributed by atoms with Crippen molar-refractivity contribution in [2.24, 2.45) is 0 Å². The zero-order valence-corrected chi connectivity index (χ0v) is 12.4. The van der Waals surface area contributed by atoms with E-state index in [4.69, 9.17) is 23.2 Å². The van der Waals surface area contributed by atoms with Crippen molar-refractivity contribution in [3.63, 3.8) is 0 Å². The Morgan fingerprint density at radius 1 is 1.19 bits per heavy atom. The third kappa shape index (κ3) is 4.73. The number of hydrogen-bond acceptors (Lipinski definition) is 4. The van der Waals surface area contributed by atoms with Crippen LogP contribution in [0.25, 0.3) is 0 Å². The molecule has 21 heavy (non-hydrogen) atoms. The smallest absolute Gasteiger partial charge is 0.247 e. The van der Waals surface area contributed by atoms with Crippen LogP contribution < -0.4 is 10.6 Å². The molecule has 2 N–H and O–H groups in total. The Hall–Kier alpha value is -2.12. The number of benzene rings is 1. The summed E-state index contributed by atoms with van der Waals surface area (Å²) in [7, 11) is 0. The summed E-state index contributed by atoms with van der Waals surface area (Å²) < 4.78 is 0. The molecule has 0 spiro atoms. The quantitative estimate of drug-likeness (QED) is 0.900. The molecule has 0 unspecified atom stereocenters. The van der Waals surface area contributed by atoms with E-state index in [9.17, 15) is 9.59 Å². The third-order valence-electron chi connectivity index (χ3n) is 2.27. The van der Waals surface area contributed by atoms with E-state index in [1.165, 1.54) is 13.1 Å². The van der Waals surface area contributed by atoms with Crippen LogP contribution >= 0.6 is 23.2 Å². The molecule has 110 valence electrons. The average Bonchev–Trinajstić information content (AvgIpc) is 2.73. The van der Waals surface area contributed by atoms with Gasteiger partial charge in [0.15, 0.2) is 5.82 Å². The van der Waals surface area contributed by atoms with Gasteiger partial charge in [0, 0.05) is 22.7 Å². The number of hydrogen-bond donors (Lipinski definition) is 2. The van der Waals surface area contributed by atoms with Gasteiger partial charge in [-0.1, -0.05) is 23.2 Å². The van der Waals surface area contributed by atoms with Crippen LogP contribution in [0.3, 0.4) is 0 Å². The van der Waals surface area contributed by atoms with Crippen LogP contribution in [0.5, 0.6) is 0 Å². The largest absolute Gasteiger partial charge is 0.324 e. The van der Waals surface area contributed by atoms with Gasteiger partial charge in [0.1, 0.15) is 6.54 Å². The summed E-state index contributed by atoms with van der Waals surface area (Å²) in [5, 5.41) is 13.7. The number of nitrogens with one attached hydrogen (secondary N) is 2. The van der Waals surface area contributed by atoms with E-state index in [-0.39, 0.29) is 24.2 Å². The van der Waals surface area contributed by atoms with Crippen molar-refractivity contribution in [2.45, 2.75) is 13.5 Å². The van der Waals surface area contributed by atoms with Crippen LogP contribution in [-0.2, 0) is 16.1 Å². The molecule has 9 heteroatoms. The molecule has 2 amide bonds. The van der Waals surface area contributed by atoms with Gasteiger partial charge in [-0.05, 0) is 18.2 Å². The van der Waals surface area contributed by atoms with E-state index in [0.717, 1.165) is 4.80 Å². The fraction of sp³-hybridized carbons (Fsp3) is 0.167. The lowest BCUT2D eigenvalue weighted by Gasteiger charge is -2.05. The Balaban J connectivity index is 1.98. The number of carbonyl (C=O) groups excluding carboxylic acids is 2. The van der Waals surface area contributed by atoms with Gasteiger partial charge in [0.25, 0.3) is 0 Å². The second-order valence-electron chi connectivity index (χ2n) is 4.15. The minimum Gasteiger partial charge on any atom is -0.324 e. The maximum Gasteiger partial charge on any atom is 0.247 e. The zero-order chi connectivity index (χ0) is 15.4. The normalized spacial score (nSPS) is 10.2. The Morgan fingerprint density at radius 2 is 1.86 bits per heavy atom. The average molecular weight is 328 g/mol. The van der Waals surface area contributed by atoms with Gasteiger partial charge in [0.2, 0.25) is 11.8 Å². The molecule has 0 radical (unpaired) electrons. The molecular weight excluding hydrogens is 317 g/mol. The summed E-state index contributed by atoms with van der Waals surface area (Å²) in [6.45, 7) is 1.25. The molecule has 7 nitrogen and oxygen atoms in total. The van der Waals surface area contributed by atoms with Gasteiger partial charge >= 0.3 is 0 Å². The minimum atomic E-state index is -0.349. The van der Waals surface area contributed by atoms with E-state index in [0.29, 0.717) is 15.7 Å². The van der Waals surface area contributed by atoms with Crippen LogP contribution in [0, 0.1) is 0 Å². The van der Waals surface area contributed by atoms with E-state index < -0.39 is 0 Å². The monoisotopic (exact) mass is 327 g/mol. The molecular formula is C12H11Cl2N5O2. The fourth-order valence-corrected chi connectivity index (χ4v) is 2.09. The highest BCUT2D eigenvalue weighted by molar-refractivity contribution is 6.35. The number of nitrogens with zero attached hydrogens (tertiary/aromatic N) is 3. The zero-order valence-electron chi connectivity index (χ0n) is 10.9. The van der Waals surface area contributed by atoms with Gasteiger partial charge in [-0.25, -0.2) is 0 Å². The molecule has 0 aliphatic heterocycles. The lowest BCUT2D eigenvalue weighted by atomic mass is 10.3. The first-order valence-electron chi connectivity index (χ1n) is 5.86. The first-order valence-corrected chi connectivity index (χ1v) is 6.61. The van der Waals surface area contributed by atoms with Crippen LogP contribution in [0.1, 0.15) is 6.92 Å². The third-order valence-corrected chi connectivity index (χ3v) is 2.71. The highest BCUT2D eigenvalue weighted by Crippen LogP contribution is 2.22. The lowest BCUT2D eigenvalue weighted by Crippen LogP contribution is -2.20. The summed E-state index contributed by atoms with van der Waals surface area (Å²) in [6, 6.07) is 4.71. The molecule has 1 aromatic carbocycles. The van der Waals surface area contributed by atoms with Gasteiger partial charge < -0.3 is 10.6 Å². The lowest BCUT2D eigenvalue weighted by molar-refractivity contribution is -0.117. The van der Waals surface area contributed by atoms with Gasteiger partial charge in [0.05, 0.1) is 6.20 Å². The number of aromatic nitrogens is 3. The number of amides is 2. The molecule has 1 heterocycles. The molecule has 1 aromatic heterocycles. The summed E-state index contributed by atoms with van der Waals surface area (Å²) in [5.41, 5.74) is 0.478. The maximum atomic E-state index is 11.9. The van der Waals surface area contributed by atoms with E-state index >= 15 is 0 Å². The molecule has 0 bridgehead atoms. The Labute approximate surface area is 130 Å². The Kier molecular flexibility index (Phi) is 4.77. The first kappa shape index (κ1) is 15.3. The topological polar surface area (TPSA) is 88.9 Å². The number of halogens is 2. The predicted molar refractivity (Wildman–Crippen MR) is 79.4 cm³/mol. The Bertz CT molecular complexity index is 666. The van der Waals surface area contributed by atoms with Crippen molar-refractivity contribution >= 4 is 46.5 Å². The summed E-state index contributed by atoms with van der Waals surface area (Å²) in [4.78, 5) is 23.9. The maximum absolute atomic E-state index is 11.9. The summed E-state index contributed by atoms with van der Waals surface area (Å²) in [6.07, 6.45) is 1.35. The van der Waals surface area contributed by atoms with Crippen LogP contribution in [0.4, 0.5) is 11.5 Å². The van der Waals surface area contributed by atoms with Crippen molar-refractivity contribution in [1.29, 1.82) is 0 Å². The van der Waals surface area contributed by atoms with Gasteiger partial charge in [-0.15, -0.1) is 5.10 Å². The van der Waals surface area contributed by atoms with Crippen LogP contribution in [0.15, 0.2) is 24.4 Å². The Morgan fingerprint density at radius 3 is 2.48 bits per heavy atom. The van der Waals surface area contributed by atoms with Crippen molar-refractivity contribution in [1.82, 2.24) is 15.0 Å². The second-order valence-corrected chi connectivity index (χ2v) is 5.02. The molecule has 2 aromatic rings. The van der Waals surface area contributed by atoms with Crippen molar-refractivity contribution in [3.8, 4) is 0 Å². The molecule has 0 fully saturated rings. The molecule has 0 saturated heterocycles. The predicted octanol–water partition coefficient (Wildman–Crippen LogP) is 2.18. The SMILES string of the molecule is CC(=O)Nc1cnn(CC(=O)Nc2cc(Cl)cc(Cl)c2)n1. The molecule has 2 rings (SSSR count). The van der Waals surface area contributed by atoms with Crippen molar-refractivity contribution in [2.75, 3.05) is 10.6 Å². The molecule has 0 aliphatic carbocycles. The second kappa shape index (κ2) is 6.55. The van der Waals surface area contributed by atoms with Crippen molar-refractivity contribution in [3.05, 3.63) is 34.4 Å². The van der Waals surface area contributed by atoms with Gasteiger partial charge in [-0.3, -0.25) is 9.59 Å². The van der Waals surface area contributed by atoms with E-state index in [1.54, 1.807) is 18.2 Å². The molecule has 0 aliphatic rings. The fourth-order valence-electron chi connectivity index (χ4n) is 1.57. The number of rotatable bonds is 4. The number of anilines is 2. The van der Waals surface area contributed by atoms with Crippen LogP contribution in [0.2, 0.25) is 10.0 Å².